The van der Waals surface area contributed by atoms with Crippen LogP contribution < -0.4 is 9.47 Å². The fourth-order valence-electron chi connectivity index (χ4n) is 4.45. The van der Waals surface area contributed by atoms with Gasteiger partial charge < -0.3 is 19.4 Å². The maximum atomic E-state index is 5.51. The number of benzene rings is 1. The first-order valence-electron chi connectivity index (χ1n) is 8.17. The number of aryl methyl sites for hydroxylation is 1. The van der Waals surface area contributed by atoms with E-state index in [2.05, 4.69) is 28.9 Å². The van der Waals surface area contributed by atoms with Crippen molar-refractivity contribution in [2.45, 2.75) is 25.7 Å². The zero-order chi connectivity index (χ0) is 15.3. The molecule has 22 heavy (non-hydrogen) atoms. The maximum absolute atomic E-state index is 5.51. The largest absolute Gasteiger partial charge is 0.493 e. The molecule has 3 fully saturated rings. The highest BCUT2D eigenvalue weighted by Crippen LogP contribution is 2.44. The van der Waals surface area contributed by atoms with E-state index >= 15 is 0 Å². The molecule has 2 aromatic rings. The van der Waals surface area contributed by atoms with Crippen LogP contribution >= 0.6 is 0 Å². The molecule has 3 aliphatic heterocycles. The van der Waals surface area contributed by atoms with Gasteiger partial charge in [-0.15, -0.1) is 0 Å². The highest BCUT2D eigenvalue weighted by molar-refractivity contribution is 5.88. The van der Waals surface area contributed by atoms with E-state index in [-0.39, 0.29) is 0 Å². The van der Waals surface area contributed by atoms with Gasteiger partial charge in [0.05, 0.1) is 14.2 Å². The zero-order valence-corrected chi connectivity index (χ0v) is 13.6. The van der Waals surface area contributed by atoms with Crippen LogP contribution in [0.5, 0.6) is 11.5 Å². The van der Waals surface area contributed by atoms with Crippen molar-refractivity contribution in [2.75, 3.05) is 33.9 Å². The minimum atomic E-state index is 0.648. The summed E-state index contributed by atoms with van der Waals surface area (Å²) in [5.41, 5.74) is 3.94. The lowest BCUT2D eigenvalue weighted by Gasteiger charge is -2.45. The van der Waals surface area contributed by atoms with Crippen molar-refractivity contribution in [3.63, 3.8) is 0 Å². The van der Waals surface area contributed by atoms with Crippen molar-refractivity contribution in [2.24, 2.45) is 5.92 Å². The normalized spacial score (nSPS) is 27.3. The number of piperidine rings is 3. The number of aromatic nitrogens is 1. The quantitative estimate of drug-likeness (QED) is 0.945. The number of hydrogen-bond donors (Lipinski definition) is 1. The van der Waals surface area contributed by atoms with Gasteiger partial charge in [-0.2, -0.15) is 0 Å². The zero-order valence-electron chi connectivity index (χ0n) is 13.6. The minimum absolute atomic E-state index is 0.648. The van der Waals surface area contributed by atoms with Crippen molar-refractivity contribution in [1.82, 2.24) is 9.88 Å². The lowest BCUT2D eigenvalue weighted by molar-refractivity contribution is 0.0874. The van der Waals surface area contributed by atoms with Crippen LogP contribution in [-0.2, 0) is 0 Å². The first-order valence-corrected chi connectivity index (χ1v) is 8.17. The van der Waals surface area contributed by atoms with Gasteiger partial charge in [0.25, 0.3) is 0 Å². The second-order valence-corrected chi connectivity index (χ2v) is 6.66. The SMILES string of the molecule is COc1cc2[nH]c(C)c(C3CN4CCC3CC4)c2cc1OC. The average molecular weight is 300 g/mol. The van der Waals surface area contributed by atoms with Crippen molar-refractivity contribution in [1.29, 1.82) is 0 Å². The van der Waals surface area contributed by atoms with Crippen LogP contribution in [0.2, 0.25) is 0 Å². The summed E-state index contributed by atoms with van der Waals surface area (Å²) in [5.74, 6) is 3.08. The Morgan fingerprint density at radius 3 is 2.36 bits per heavy atom. The Bertz CT molecular complexity index is 699. The Morgan fingerprint density at radius 2 is 1.77 bits per heavy atom. The van der Waals surface area contributed by atoms with Crippen LogP contribution in [-0.4, -0.2) is 43.7 Å². The van der Waals surface area contributed by atoms with Crippen LogP contribution in [0.1, 0.15) is 30.0 Å². The Balaban J connectivity index is 1.85. The molecule has 1 atom stereocenters. The van der Waals surface area contributed by atoms with E-state index in [0.717, 1.165) is 22.9 Å². The summed E-state index contributed by atoms with van der Waals surface area (Å²) >= 11 is 0. The lowest BCUT2D eigenvalue weighted by atomic mass is 9.75. The average Bonchev–Trinajstić information content (AvgIpc) is 2.89. The third-order valence-corrected chi connectivity index (χ3v) is 5.57. The van der Waals surface area contributed by atoms with Gasteiger partial charge in [-0.25, -0.2) is 0 Å². The molecule has 0 spiro atoms. The number of methoxy groups -OCH3 is 2. The molecule has 118 valence electrons. The second kappa shape index (κ2) is 5.20. The number of ether oxygens (including phenoxy) is 2. The van der Waals surface area contributed by atoms with Crippen LogP contribution in [0.3, 0.4) is 0 Å². The lowest BCUT2D eigenvalue weighted by Crippen LogP contribution is -2.46. The molecule has 1 aromatic heterocycles. The van der Waals surface area contributed by atoms with Crippen LogP contribution in [0.15, 0.2) is 12.1 Å². The topological polar surface area (TPSA) is 37.5 Å². The highest BCUT2D eigenvalue weighted by atomic mass is 16.5. The van der Waals surface area contributed by atoms with Crippen molar-refractivity contribution < 1.29 is 9.47 Å². The van der Waals surface area contributed by atoms with Gasteiger partial charge in [0.1, 0.15) is 0 Å². The number of H-pyrrole nitrogens is 1. The van der Waals surface area contributed by atoms with Crippen molar-refractivity contribution in [3.8, 4) is 11.5 Å². The Morgan fingerprint density at radius 1 is 1.09 bits per heavy atom. The molecule has 0 aliphatic carbocycles. The van der Waals surface area contributed by atoms with E-state index in [1.807, 2.05) is 0 Å². The molecule has 1 N–H and O–H groups in total. The number of hydrogen-bond acceptors (Lipinski definition) is 3. The van der Waals surface area contributed by atoms with E-state index in [1.54, 1.807) is 14.2 Å². The molecule has 1 unspecified atom stereocenters. The molecule has 1 aromatic carbocycles. The number of nitrogens with one attached hydrogen (secondary N) is 1. The van der Waals surface area contributed by atoms with Gasteiger partial charge in [0, 0.05) is 35.1 Å². The number of aromatic amines is 1. The standard InChI is InChI=1S/C18H24N2O2/c1-11-18(14-10-20-6-4-12(14)5-7-20)13-8-16(21-2)17(22-3)9-15(13)19-11/h8-9,12,14,19H,4-7,10H2,1-3H3. The Labute approximate surface area is 131 Å². The second-order valence-electron chi connectivity index (χ2n) is 6.66. The van der Waals surface area contributed by atoms with E-state index < -0.39 is 0 Å². The number of nitrogens with zero attached hydrogens (tertiary/aromatic N) is 1. The molecular formula is C18H24N2O2. The molecule has 5 rings (SSSR count). The number of fused-ring (bicyclic) bond motifs is 4. The molecule has 0 amide bonds. The van der Waals surface area contributed by atoms with Crippen LogP contribution in [0.4, 0.5) is 0 Å². The molecular weight excluding hydrogens is 276 g/mol. The van der Waals surface area contributed by atoms with Crippen molar-refractivity contribution >= 4 is 10.9 Å². The predicted octanol–water partition coefficient (Wildman–Crippen LogP) is 3.30. The molecule has 2 bridgehead atoms. The van der Waals surface area contributed by atoms with Gasteiger partial charge in [0.15, 0.2) is 11.5 Å². The minimum Gasteiger partial charge on any atom is -0.493 e. The molecule has 4 heteroatoms. The molecule has 4 nitrogen and oxygen atoms in total. The van der Waals surface area contributed by atoms with Gasteiger partial charge in [0.2, 0.25) is 0 Å². The fraction of sp³-hybridized carbons (Fsp3) is 0.556. The third-order valence-electron chi connectivity index (χ3n) is 5.57. The summed E-state index contributed by atoms with van der Waals surface area (Å²) in [5, 5.41) is 1.30. The molecule has 3 saturated heterocycles. The van der Waals surface area contributed by atoms with E-state index in [4.69, 9.17) is 9.47 Å². The molecule has 0 radical (unpaired) electrons. The first-order chi connectivity index (χ1) is 10.7. The monoisotopic (exact) mass is 300 g/mol. The summed E-state index contributed by atoms with van der Waals surface area (Å²) in [6.45, 7) is 5.96. The molecule has 0 saturated carbocycles. The Hall–Kier alpha value is -1.68. The Kier molecular flexibility index (Phi) is 3.30. The van der Waals surface area contributed by atoms with Gasteiger partial charge in [-0.1, -0.05) is 0 Å². The number of rotatable bonds is 3. The summed E-state index contributed by atoms with van der Waals surface area (Å²) < 4.78 is 10.9. The molecule has 3 aliphatic rings. The third kappa shape index (κ3) is 2.01. The summed E-state index contributed by atoms with van der Waals surface area (Å²) in [7, 11) is 3.39. The summed E-state index contributed by atoms with van der Waals surface area (Å²) in [6, 6.07) is 4.21. The predicted molar refractivity (Wildman–Crippen MR) is 88.0 cm³/mol. The smallest absolute Gasteiger partial charge is 0.162 e. The van der Waals surface area contributed by atoms with Crippen molar-refractivity contribution in [3.05, 3.63) is 23.4 Å². The van der Waals surface area contributed by atoms with Crippen LogP contribution in [0.25, 0.3) is 10.9 Å². The molecule has 4 heterocycles. The van der Waals surface area contributed by atoms with Gasteiger partial charge in [-0.05, 0) is 50.4 Å². The fourth-order valence-corrected chi connectivity index (χ4v) is 4.45. The van der Waals surface area contributed by atoms with Gasteiger partial charge in [-0.3, -0.25) is 0 Å². The van der Waals surface area contributed by atoms with E-state index in [0.29, 0.717) is 5.92 Å². The summed E-state index contributed by atoms with van der Waals surface area (Å²) in [4.78, 5) is 6.17. The first kappa shape index (κ1) is 13.9. The van der Waals surface area contributed by atoms with Gasteiger partial charge >= 0.3 is 0 Å². The highest BCUT2D eigenvalue weighted by Gasteiger charge is 2.37. The maximum Gasteiger partial charge on any atom is 0.162 e. The summed E-state index contributed by atoms with van der Waals surface area (Å²) in [6.07, 6.45) is 2.67. The van der Waals surface area contributed by atoms with E-state index in [9.17, 15) is 0 Å². The van der Waals surface area contributed by atoms with Crippen LogP contribution in [0, 0.1) is 12.8 Å². The van der Waals surface area contributed by atoms with E-state index in [1.165, 1.54) is 49.1 Å².